The van der Waals surface area contributed by atoms with Gasteiger partial charge in [0.15, 0.2) is 23.8 Å². The van der Waals surface area contributed by atoms with Gasteiger partial charge in [-0.25, -0.2) is 28.0 Å². The number of rotatable bonds is 12. The molecule has 17 heteroatoms. The van der Waals surface area contributed by atoms with E-state index in [9.17, 15) is 33.1 Å². The molecule has 1 aromatic carbocycles. The highest BCUT2D eigenvalue weighted by Crippen LogP contribution is 2.38. The SMILES string of the molecule is CCOC(=O)C(Cn1cc(F)cn1)OC(=O)Nc1c2c(cc3c1CCC3)CCC2.CCOC(=O)C(O)Cn1cc(F)cn1.CCOC(=O)C1CO1. The lowest BCUT2D eigenvalue weighted by Crippen LogP contribution is -2.35. The van der Waals surface area contributed by atoms with Crippen LogP contribution in [0.4, 0.5) is 19.3 Å². The number of aryl methyl sites for hydroxylation is 2. The lowest BCUT2D eigenvalue weighted by Gasteiger charge is -2.19. The Balaban J connectivity index is 0.000000218. The molecule has 2 aromatic heterocycles. The maximum atomic E-state index is 13.2. The minimum Gasteiger partial charge on any atom is -0.464 e. The molecule has 1 aliphatic heterocycles. The van der Waals surface area contributed by atoms with E-state index >= 15 is 0 Å². The molecule has 51 heavy (non-hydrogen) atoms. The molecular formula is C34H43F2N5O10. The van der Waals surface area contributed by atoms with E-state index in [1.54, 1.807) is 20.8 Å². The number of benzene rings is 1. The van der Waals surface area contributed by atoms with Gasteiger partial charge in [-0.15, -0.1) is 0 Å². The van der Waals surface area contributed by atoms with Crippen LogP contribution < -0.4 is 5.32 Å². The van der Waals surface area contributed by atoms with E-state index in [0.717, 1.165) is 73.7 Å². The number of fused-ring (bicyclic) bond motifs is 2. The average molecular weight is 720 g/mol. The highest BCUT2D eigenvalue weighted by Gasteiger charge is 2.32. The van der Waals surface area contributed by atoms with Crippen molar-refractivity contribution >= 4 is 29.7 Å². The molecule has 2 N–H and O–H groups in total. The summed E-state index contributed by atoms with van der Waals surface area (Å²) < 4.78 is 52.2. The van der Waals surface area contributed by atoms with Crippen molar-refractivity contribution in [2.45, 2.75) is 90.7 Å². The normalized spacial score (nSPS) is 16.2. The Morgan fingerprint density at radius 1 is 0.863 bits per heavy atom. The van der Waals surface area contributed by atoms with Crippen LogP contribution in [0.1, 0.15) is 55.9 Å². The van der Waals surface area contributed by atoms with Crippen LogP contribution in [0.15, 0.2) is 30.9 Å². The molecule has 1 saturated heterocycles. The van der Waals surface area contributed by atoms with Gasteiger partial charge in [0.2, 0.25) is 6.10 Å². The molecule has 278 valence electrons. The number of halogens is 2. The van der Waals surface area contributed by atoms with Crippen LogP contribution >= 0.6 is 0 Å². The lowest BCUT2D eigenvalue weighted by molar-refractivity contribution is -0.154. The van der Waals surface area contributed by atoms with E-state index in [1.807, 2.05) is 0 Å². The van der Waals surface area contributed by atoms with Crippen LogP contribution in [0.25, 0.3) is 0 Å². The first-order chi connectivity index (χ1) is 24.5. The third-order valence-electron chi connectivity index (χ3n) is 7.86. The largest absolute Gasteiger partial charge is 0.464 e. The van der Waals surface area contributed by atoms with Gasteiger partial charge >= 0.3 is 24.0 Å². The van der Waals surface area contributed by atoms with Crippen LogP contribution in [0.3, 0.4) is 0 Å². The Hall–Kier alpha value is -4.90. The van der Waals surface area contributed by atoms with E-state index in [-0.39, 0.29) is 38.4 Å². The maximum absolute atomic E-state index is 13.2. The molecule has 0 spiro atoms. The number of ether oxygens (including phenoxy) is 5. The highest BCUT2D eigenvalue weighted by atomic mass is 19.1. The first kappa shape index (κ1) is 38.9. The number of aliphatic hydroxyl groups is 1. The Morgan fingerprint density at radius 3 is 1.88 bits per heavy atom. The minimum atomic E-state index is -1.31. The molecule has 3 aliphatic rings. The van der Waals surface area contributed by atoms with Crippen molar-refractivity contribution in [3.8, 4) is 0 Å². The monoisotopic (exact) mass is 719 g/mol. The quantitative estimate of drug-likeness (QED) is 0.159. The van der Waals surface area contributed by atoms with Crippen molar-refractivity contribution in [3.63, 3.8) is 0 Å². The van der Waals surface area contributed by atoms with Crippen molar-refractivity contribution in [1.82, 2.24) is 19.6 Å². The Bertz CT molecular complexity index is 1630. The molecule has 0 bridgehead atoms. The summed E-state index contributed by atoms with van der Waals surface area (Å²) in [5, 5.41) is 19.5. The molecule has 3 atom stereocenters. The van der Waals surface area contributed by atoms with Crippen LogP contribution in [0.2, 0.25) is 0 Å². The molecule has 1 amide bonds. The second kappa shape index (κ2) is 18.9. The van der Waals surface area contributed by atoms with Gasteiger partial charge in [0.25, 0.3) is 0 Å². The fourth-order valence-corrected chi connectivity index (χ4v) is 5.58. The van der Waals surface area contributed by atoms with Gasteiger partial charge in [0.1, 0.15) is 0 Å². The lowest BCUT2D eigenvalue weighted by atomic mass is 9.99. The van der Waals surface area contributed by atoms with Gasteiger partial charge in [0.05, 0.1) is 70.0 Å². The smallest absolute Gasteiger partial charge is 0.412 e. The second-order valence-corrected chi connectivity index (χ2v) is 11.6. The van der Waals surface area contributed by atoms with Crippen LogP contribution in [0.5, 0.6) is 0 Å². The van der Waals surface area contributed by atoms with Crippen LogP contribution in [-0.4, -0.2) is 93.4 Å². The summed E-state index contributed by atoms with van der Waals surface area (Å²) >= 11 is 0. The summed E-state index contributed by atoms with van der Waals surface area (Å²) in [6, 6.07) is 2.27. The molecule has 6 rings (SSSR count). The third kappa shape index (κ3) is 11.6. The number of nitrogens with zero attached hydrogens (tertiary/aromatic N) is 4. The van der Waals surface area contributed by atoms with E-state index in [4.69, 9.17) is 9.47 Å². The number of nitrogens with one attached hydrogen (secondary N) is 1. The Morgan fingerprint density at radius 2 is 1.39 bits per heavy atom. The minimum absolute atomic E-state index is 0.108. The number of epoxide rings is 1. The molecule has 0 radical (unpaired) electrons. The highest BCUT2D eigenvalue weighted by molar-refractivity contribution is 5.90. The van der Waals surface area contributed by atoms with Gasteiger partial charge in [-0.1, -0.05) is 6.07 Å². The topological polar surface area (TPSA) is 186 Å². The summed E-state index contributed by atoms with van der Waals surface area (Å²) in [5.41, 5.74) is 5.75. The fourth-order valence-electron chi connectivity index (χ4n) is 5.58. The number of hydrogen-bond donors (Lipinski definition) is 2. The summed E-state index contributed by atoms with van der Waals surface area (Å²) in [6.45, 7) is 6.18. The number of hydrogen-bond acceptors (Lipinski definition) is 12. The zero-order valence-corrected chi connectivity index (χ0v) is 28.8. The van der Waals surface area contributed by atoms with Crippen molar-refractivity contribution < 1.29 is 56.7 Å². The number of aliphatic hydroxyl groups excluding tert-OH is 1. The van der Waals surface area contributed by atoms with Crippen molar-refractivity contribution in [2.75, 3.05) is 31.7 Å². The summed E-state index contributed by atoms with van der Waals surface area (Å²) in [6.07, 6.45) is 6.76. The second-order valence-electron chi connectivity index (χ2n) is 11.6. The number of esters is 3. The predicted octanol–water partition coefficient (Wildman–Crippen LogP) is 3.07. The molecule has 0 saturated carbocycles. The third-order valence-corrected chi connectivity index (χ3v) is 7.86. The summed E-state index contributed by atoms with van der Waals surface area (Å²) in [5.74, 6) is -2.70. The molecule has 1 fully saturated rings. The van der Waals surface area contributed by atoms with Gasteiger partial charge in [-0.3, -0.25) is 14.7 Å². The number of carbonyl (C=O) groups excluding carboxylic acids is 4. The number of anilines is 1. The fraction of sp³-hybridized carbons (Fsp3) is 0.529. The molecule has 3 heterocycles. The zero-order chi connectivity index (χ0) is 36.9. The predicted molar refractivity (Wildman–Crippen MR) is 174 cm³/mol. The molecule has 3 unspecified atom stereocenters. The van der Waals surface area contributed by atoms with Crippen molar-refractivity contribution in [2.24, 2.45) is 0 Å². The van der Waals surface area contributed by atoms with Gasteiger partial charge in [0, 0.05) is 0 Å². The summed E-state index contributed by atoms with van der Waals surface area (Å²) in [7, 11) is 0. The van der Waals surface area contributed by atoms with Crippen LogP contribution in [-0.2, 0) is 76.8 Å². The summed E-state index contributed by atoms with van der Waals surface area (Å²) in [4.78, 5) is 46.3. The Kier molecular flexibility index (Phi) is 14.4. The molecule has 15 nitrogen and oxygen atoms in total. The van der Waals surface area contributed by atoms with Crippen LogP contribution in [0, 0.1) is 11.6 Å². The van der Waals surface area contributed by atoms with E-state index in [1.165, 1.54) is 26.9 Å². The van der Waals surface area contributed by atoms with Gasteiger partial charge in [-0.2, -0.15) is 10.2 Å². The van der Waals surface area contributed by atoms with Crippen molar-refractivity contribution in [1.29, 1.82) is 0 Å². The van der Waals surface area contributed by atoms with E-state index in [0.29, 0.717) is 13.2 Å². The average Bonchev–Trinajstić information content (AvgIpc) is 3.40. The molecular weight excluding hydrogens is 676 g/mol. The molecule has 2 aliphatic carbocycles. The standard InChI is InChI=1S/C21H24FN3O4.C8H11FN2O3.C5H8O3/c1-2-28-20(26)18(12-25-11-15(22)10-23-25)29-21(27)24-19-16-7-3-5-13(16)9-14-6-4-8-17(14)19;1-2-14-8(13)7(12)5-11-4-6(9)3-10-11;1-2-7-5(6)4-3-8-4/h9-11,18H,2-8,12H2,1H3,(H,24,27);3-4,7,12H,2,5H2,1H3;4H,2-3H2,1H3. The number of carbonyl (C=O) groups is 4. The maximum Gasteiger partial charge on any atom is 0.412 e. The van der Waals surface area contributed by atoms with E-state index in [2.05, 4.69) is 35.8 Å². The molecule has 3 aromatic rings. The van der Waals surface area contributed by atoms with Gasteiger partial charge in [-0.05, 0) is 81.5 Å². The van der Waals surface area contributed by atoms with E-state index < -0.39 is 41.9 Å². The number of amides is 1. The number of aromatic nitrogens is 4. The Labute approximate surface area is 293 Å². The zero-order valence-electron chi connectivity index (χ0n) is 28.8. The first-order valence-corrected chi connectivity index (χ1v) is 16.8. The first-order valence-electron chi connectivity index (χ1n) is 16.8. The van der Waals surface area contributed by atoms with Gasteiger partial charge < -0.3 is 28.8 Å². The van der Waals surface area contributed by atoms with Crippen molar-refractivity contribution in [3.05, 3.63) is 64.7 Å².